The average Bonchev–Trinajstić information content (AvgIpc) is 2.96. The highest BCUT2D eigenvalue weighted by molar-refractivity contribution is 14.1. The van der Waals surface area contributed by atoms with Crippen molar-refractivity contribution in [2.75, 3.05) is 5.75 Å². The Labute approximate surface area is 135 Å². The summed E-state index contributed by atoms with van der Waals surface area (Å²) in [5, 5.41) is 9.68. The molecule has 2 unspecified atom stereocenters. The molecule has 1 aliphatic rings. The van der Waals surface area contributed by atoms with E-state index in [1.165, 1.54) is 18.2 Å². The number of halogens is 1. The lowest BCUT2D eigenvalue weighted by atomic mass is 10.3. The molecule has 2 atom stereocenters. The molecule has 4 nitrogen and oxygen atoms in total. The summed E-state index contributed by atoms with van der Waals surface area (Å²) in [5.41, 5.74) is 2.07. The Hall–Kier alpha value is -0.760. The van der Waals surface area contributed by atoms with Crippen LogP contribution in [0.1, 0.15) is 13.3 Å². The second kappa shape index (κ2) is 5.55. The maximum absolute atomic E-state index is 10.8. The fourth-order valence-electron chi connectivity index (χ4n) is 2.38. The molecule has 3 rings (SSSR count). The first-order valence-corrected chi connectivity index (χ1v) is 8.61. The number of carboxylic acid groups (broad SMARTS) is 1. The number of carboxylic acids is 1. The molecular formula is C14H15IN2O2S. The molecular weight excluding hydrogens is 387 g/mol. The van der Waals surface area contributed by atoms with E-state index in [2.05, 4.69) is 51.2 Å². The van der Waals surface area contributed by atoms with E-state index in [0.717, 1.165) is 32.2 Å². The smallest absolute Gasteiger partial charge is 0.313 e. The largest absolute Gasteiger partial charge is 0.481 e. The lowest BCUT2D eigenvalue weighted by Gasteiger charge is -2.07. The minimum atomic E-state index is -0.803. The molecule has 0 amide bonds. The summed E-state index contributed by atoms with van der Waals surface area (Å²) in [6.07, 6.45) is 1.26. The zero-order valence-corrected chi connectivity index (χ0v) is 14.0. The molecule has 0 bridgehead atoms. The summed E-state index contributed by atoms with van der Waals surface area (Å²) in [7, 11) is 0. The molecule has 1 heterocycles. The van der Waals surface area contributed by atoms with Crippen molar-refractivity contribution in [3.8, 4) is 0 Å². The van der Waals surface area contributed by atoms with Gasteiger partial charge in [0.05, 0.1) is 16.8 Å². The second-order valence-corrected chi connectivity index (χ2v) is 7.48. The predicted molar refractivity (Wildman–Crippen MR) is 88.1 cm³/mol. The number of hydrogen-bond donors (Lipinski definition) is 1. The van der Waals surface area contributed by atoms with Gasteiger partial charge in [-0.1, -0.05) is 18.7 Å². The van der Waals surface area contributed by atoms with Crippen molar-refractivity contribution < 1.29 is 9.90 Å². The normalized spacial score (nSPS) is 21.3. The van der Waals surface area contributed by atoms with E-state index in [4.69, 9.17) is 5.11 Å². The zero-order chi connectivity index (χ0) is 14.3. The highest BCUT2D eigenvalue weighted by Crippen LogP contribution is 2.40. The second-order valence-electron chi connectivity index (χ2n) is 5.29. The molecule has 1 aliphatic carbocycles. The Kier molecular flexibility index (Phi) is 3.94. The summed E-state index contributed by atoms with van der Waals surface area (Å²) < 4.78 is 3.34. The van der Waals surface area contributed by atoms with Crippen LogP contribution < -0.4 is 0 Å². The minimum Gasteiger partial charge on any atom is -0.481 e. The van der Waals surface area contributed by atoms with Gasteiger partial charge in [0.15, 0.2) is 5.16 Å². The van der Waals surface area contributed by atoms with Crippen LogP contribution in [0.3, 0.4) is 0 Å². The number of rotatable bonds is 5. The van der Waals surface area contributed by atoms with Gasteiger partial charge in [-0.15, -0.1) is 0 Å². The van der Waals surface area contributed by atoms with E-state index in [1.807, 2.05) is 6.07 Å². The van der Waals surface area contributed by atoms with Crippen LogP contribution in [0, 0.1) is 15.4 Å². The van der Waals surface area contributed by atoms with Crippen molar-refractivity contribution in [2.45, 2.75) is 25.0 Å². The van der Waals surface area contributed by atoms with Gasteiger partial charge in [-0.2, -0.15) is 0 Å². The Bertz CT molecular complexity index is 670. The molecule has 1 saturated carbocycles. The van der Waals surface area contributed by atoms with Gasteiger partial charge < -0.3 is 9.67 Å². The van der Waals surface area contributed by atoms with Gasteiger partial charge in [-0.05, 0) is 59.0 Å². The number of fused-ring (bicyclic) bond motifs is 1. The predicted octanol–water partition coefficient (Wildman–Crippen LogP) is 3.47. The maximum Gasteiger partial charge on any atom is 0.313 e. The van der Waals surface area contributed by atoms with Gasteiger partial charge in [0, 0.05) is 10.1 Å². The maximum atomic E-state index is 10.8. The molecule has 2 aromatic rings. The quantitative estimate of drug-likeness (QED) is 0.615. The molecule has 20 heavy (non-hydrogen) atoms. The average molecular weight is 402 g/mol. The van der Waals surface area contributed by atoms with Gasteiger partial charge in [0.25, 0.3) is 0 Å². The van der Waals surface area contributed by atoms with Gasteiger partial charge in [-0.3, -0.25) is 4.79 Å². The Balaban J connectivity index is 1.96. The summed E-state index contributed by atoms with van der Waals surface area (Å²) in [6.45, 7) is 3.21. The van der Waals surface area contributed by atoms with Crippen molar-refractivity contribution in [1.29, 1.82) is 0 Å². The van der Waals surface area contributed by atoms with Crippen LogP contribution in [0.4, 0.5) is 0 Å². The summed E-state index contributed by atoms with van der Waals surface area (Å²) in [4.78, 5) is 15.4. The highest BCUT2D eigenvalue weighted by Gasteiger charge is 2.33. The van der Waals surface area contributed by atoms with E-state index in [9.17, 15) is 4.79 Å². The van der Waals surface area contributed by atoms with Crippen molar-refractivity contribution in [1.82, 2.24) is 9.55 Å². The number of thioether (sulfide) groups is 1. The van der Waals surface area contributed by atoms with Crippen molar-refractivity contribution in [3.63, 3.8) is 0 Å². The van der Waals surface area contributed by atoms with E-state index < -0.39 is 5.97 Å². The van der Waals surface area contributed by atoms with E-state index in [-0.39, 0.29) is 5.75 Å². The van der Waals surface area contributed by atoms with Crippen molar-refractivity contribution in [2.24, 2.45) is 11.8 Å². The van der Waals surface area contributed by atoms with Gasteiger partial charge in [0.2, 0.25) is 0 Å². The molecule has 1 N–H and O–H groups in total. The number of carbonyl (C=O) groups is 1. The lowest BCUT2D eigenvalue weighted by molar-refractivity contribution is -0.133. The lowest BCUT2D eigenvalue weighted by Crippen LogP contribution is -2.05. The molecule has 0 aliphatic heterocycles. The van der Waals surface area contributed by atoms with Crippen LogP contribution in [-0.2, 0) is 11.3 Å². The van der Waals surface area contributed by atoms with Crippen LogP contribution in [0.15, 0.2) is 23.4 Å². The Morgan fingerprint density at radius 2 is 2.35 bits per heavy atom. The van der Waals surface area contributed by atoms with Crippen LogP contribution >= 0.6 is 34.4 Å². The number of nitrogens with zero attached hydrogens (tertiary/aromatic N) is 2. The molecule has 1 aromatic carbocycles. The van der Waals surface area contributed by atoms with Gasteiger partial charge >= 0.3 is 5.97 Å². The number of benzene rings is 1. The molecule has 0 spiro atoms. The Morgan fingerprint density at radius 1 is 1.60 bits per heavy atom. The molecule has 0 saturated heterocycles. The van der Waals surface area contributed by atoms with Gasteiger partial charge in [0.1, 0.15) is 0 Å². The van der Waals surface area contributed by atoms with Crippen LogP contribution in [0.2, 0.25) is 0 Å². The SMILES string of the molecule is CC1CC1Cn1c(SCC(=O)O)nc2cc(I)ccc21. The minimum absolute atomic E-state index is 0.0562. The summed E-state index contributed by atoms with van der Waals surface area (Å²) >= 11 is 3.58. The van der Waals surface area contributed by atoms with E-state index in [0.29, 0.717) is 5.92 Å². The van der Waals surface area contributed by atoms with Gasteiger partial charge in [-0.25, -0.2) is 4.98 Å². The monoisotopic (exact) mass is 402 g/mol. The van der Waals surface area contributed by atoms with Crippen LogP contribution in [-0.4, -0.2) is 26.4 Å². The molecule has 1 fully saturated rings. The van der Waals surface area contributed by atoms with Crippen LogP contribution in [0.5, 0.6) is 0 Å². The standard InChI is InChI=1S/C14H15IN2O2S/c1-8-4-9(8)6-17-12-3-2-10(15)5-11(12)16-14(17)20-7-13(18)19/h2-3,5,8-9H,4,6-7H2,1H3,(H,18,19). The number of aromatic nitrogens is 2. The first-order valence-electron chi connectivity index (χ1n) is 6.55. The van der Waals surface area contributed by atoms with E-state index >= 15 is 0 Å². The number of aliphatic carboxylic acids is 1. The fourth-order valence-corrected chi connectivity index (χ4v) is 3.60. The number of hydrogen-bond acceptors (Lipinski definition) is 3. The molecule has 1 aromatic heterocycles. The van der Waals surface area contributed by atoms with E-state index in [1.54, 1.807) is 0 Å². The van der Waals surface area contributed by atoms with Crippen molar-refractivity contribution in [3.05, 3.63) is 21.8 Å². The topological polar surface area (TPSA) is 55.1 Å². The highest BCUT2D eigenvalue weighted by atomic mass is 127. The third-order valence-corrected chi connectivity index (χ3v) is 5.33. The molecule has 6 heteroatoms. The summed E-state index contributed by atoms with van der Waals surface area (Å²) in [6, 6.07) is 6.21. The fraction of sp³-hybridized carbons (Fsp3) is 0.429. The summed E-state index contributed by atoms with van der Waals surface area (Å²) in [5.74, 6) is 0.730. The number of imidazole rings is 1. The Morgan fingerprint density at radius 3 is 3.00 bits per heavy atom. The molecule has 0 radical (unpaired) electrons. The van der Waals surface area contributed by atoms with Crippen molar-refractivity contribution >= 4 is 51.4 Å². The van der Waals surface area contributed by atoms with Crippen LogP contribution in [0.25, 0.3) is 11.0 Å². The first-order chi connectivity index (χ1) is 9.54. The first kappa shape index (κ1) is 14.2. The molecule has 106 valence electrons. The third-order valence-electron chi connectivity index (χ3n) is 3.69. The zero-order valence-electron chi connectivity index (χ0n) is 11.0. The third kappa shape index (κ3) is 2.95.